The topological polar surface area (TPSA) is 64.0 Å². The summed E-state index contributed by atoms with van der Waals surface area (Å²) in [5, 5.41) is 1.37. The molecule has 0 saturated carbocycles. The van der Waals surface area contributed by atoms with Gasteiger partial charge >= 0.3 is 6.16 Å². The number of halogens is 1. The van der Waals surface area contributed by atoms with Crippen molar-refractivity contribution in [2.75, 3.05) is 13.2 Å². The van der Waals surface area contributed by atoms with Crippen LogP contribution < -0.4 is 0 Å². The summed E-state index contributed by atoms with van der Waals surface area (Å²) in [4.78, 5) is 29.1. The third-order valence-electron chi connectivity index (χ3n) is 3.71. The first-order valence-electron chi connectivity index (χ1n) is 6.84. The first-order chi connectivity index (χ1) is 10.1. The molecule has 1 fully saturated rings. The molecule has 0 amide bonds. The second-order valence-electron chi connectivity index (χ2n) is 4.95. The predicted molar refractivity (Wildman–Crippen MR) is 73.1 cm³/mol. The number of hydrogen-bond donors (Lipinski definition) is 0. The third kappa shape index (κ3) is 2.52. The van der Waals surface area contributed by atoms with E-state index in [0.29, 0.717) is 19.5 Å². The number of hydroxylamine groups is 2. The maximum Gasteiger partial charge on any atom is 0.527 e. The Labute approximate surface area is 127 Å². The summed E-state index contributed by atoms with van der Waals surface area (Å²) in [5.41, 5.74) is 0.917. The second-order valence-corrected chi connectivity index (χ2v) is 5.39. The van der Waals surface area contributed by atoms with Gasteiger partial charge in [0, 0.05) is 24.9 Å². The molecule has 3 heterocycles. The van der Waals surface area contributed by atoms with Gasteiger partial charge < -0.3 is 14.1 Å². The van der Waals surface area contributed by atoms with Crippen molar-refractivity contribution in [3.8, 4) is 0 Å². The van der Waals surface area contributed by atoms with Crippen molar-refractivity contribution in [1.29, 1.82) is 0 Å². The van der Waals surface area contributed by atoms with Crippen LogP contribution in [0.5, 0.6) is 0 Å². The molecular weight excluding hydrogens is 298 g/mol. The van der Waals surface area contributed by atoms with Crippen LogP contribution in [0.2, 0.25) is 0 Å². The van der Waals surface area contributed by atoms with E-state index >= 15 is 0 Å². The maximum absolute atomic E-state index is 12.3. The van der Waals surface area contributed by atoms with E-state index in [2.05, 4.69) is 0 Å². The smallest absolute Gasteiger partial charge is 0.433 e. The molecule has 0 bridgehead atoms. The van der Waals surface area contributed by atoms with E-state index in [4.69, 9.17) is 21.4 Å². The minimum Gasteiger partial charge on any atom is -0.433 e. The molecule has 3 rings (SSSR count). The first kappa shape index (κ1) is 14.4. The number of carbonyl (C=O) groups is 2. The Morgan fingerprint density at radius 1 is 1.52 bits per heavy atom. The maximum atomic E-state index is 12.3. The lowest BCUT2D eigenvalue weighted by Gasteiger charge is -2.45. The van der Waals surface area contributed by atoms with E-state index in [9.17, 15) is 9.59 Å². The summed E-state index contributed by atoms with van der Waals surface area (Å²) < 4.78 is 8.31. The SMILES string of the molecule is CCOC(=O)ON1Cc2cccn2C2C1C(=O)CCN2Cl. The average Bonchev–Trinajstić information content (AvgIpc) is 2.90. The third-order valence-corrected chi connectivity index (χ3v) is 4.07. The fraction of sp³-hybridized carbons (Fsp3) is 0.538. The highest BCUT2D eigenvalue weighted by molar-refractivity contribution is 6.14. The molecule has 7 nitrogen and oxygen atoms in total. The summed E-state index contributed by atoms with van der Waals surface area (Å²) in [5.74, 6) is 0.000508. The van der Waals surface area contributed by atoms with Crippen molar-refractivity contribution in [2.45, 2.75) is 32.1 Å². The first-order valence-corrected chi connectivity index (χ1v) is 7.18. The van der Waals surface area contributed by atoms with Crippen LogP contribution in [0.25, 0.3) is 0 Å². The fourth-order valence-electron chi connectivity index (χ4n) is 2.82. The second kappa shape index (κ2) is 5.67. The summed E-state index contributed by atoms with van der Waals surface area (Å²) >= 11 is 6.27. The Hall–Kier alpha value is -1.57. The molecule has 2 unspecified atom stereocenters. The normalized spacial score (nSPS) is 26.1. The van der Waals surface area contributed by atoms with Crippen LogP contribution in [0.15, 0.2) is 18.3 Å². The standard InChI is InChI=1S/C13H16ClN3O4/c1-2-20-13(19)21-17-8-9-4-3-6-15(9)12-11(17)10(18)5-7-16(12)14/h3-4,6,11-12H,2,5,7-8H2,1H3. The molecule has 0 N–H and O–H groups in total. The molecule has 1 aromatic rings. The van der Waals surface area contributed by atoms with Crippen LogP contribution >= 0.6 is 11.8 Å². The van der Waals surface area contributed by atoms with Gasteiger partial charge in [0.1, 0.15) is 12.2 Å². The Morgan fingerprint density at radius 3 is 3.10 bits per heavy atom. The van der Waals surface area contributed by atoms with Crippen molar-refractivity contribution in [3.63, 3.8) is 0 Å². The van der Waals surface area contributed by atoms with Gasteiger partial charge in [0.05, 0.1) is 13.2 Å². The van der Waals surface area contributed by atoms with Crippen molar-refractivity contribution in [1.82, 2.24) is 14.0 Å². The van der Waals surface area contributed by atoms with Gasteiger partial charge in [-0.25, -0.2) is 4.79 Å². The summed E-state index contributed by atoms with van der Waals surface area (Å²) in [6.07, 6.45) is 1.00. The Kier molecular flexibility index (Phi) is 3.88. The Bertz CT molecular complexity index is 561. The van der Waals surface area contributed by atoms with Crippen molar-refractivity contribution >= 4 is 23.7 Å². The van der Waals surface area contributed by atoms with Crippen molar-refractivity contribution < 1.29 is 19.2 Å². The molecule has 114 valence electrons. The van der Waals surface area contributed by atoms with Crippen LogP contribution in [0.3, 0.4) is 0 Å². The van der Waals surface area contributed by atoms with E-state index < -0.39 is 12.2 Å². The van der Waals surface area contributed by atoms with Crippen molar-refractivity contribution in [2.24, 2.45) is 0 Å². The van der Waals surface area contributed by atoms with Crippen LogP contribution in [0.4, 0.5) is 4.79 Å². The number of nitrogens with zero attached hydrogens (tertiary/aromatic N) is 3. The quantitative estimate of drug-likeness (QED) is 0.611. The molecule has 2 aliphatic heterocycles. The minimum atomic E-state index is -0.809. The largest absolute Gasteiger partial charge is 0.527 e. The number of ketones is 1. The van der Waals surface area contributed by atoms with Crippen molar-refractivity contribution in [3.05, 3.63) is 24.0 Å². The molecule has 2 aliphatic rings. The highest BCUT2D eigenvalue weighted by Crippen LogP contribution is 2.36. The van der Waals surface area contributed by atoms with Gasteiger partial charge in [-0.05, 0) is 30.8 Å². The Balaban J connectivity index is 1.91. The molecule has 1 saturated heterocycles. The number of carbonyl (C=O) groups excluding carboxylic acids is 2. The Morgan fingerprint density at radius 2 is 2.33 bits per heavy atom. The van der Waals surface area contributed by atoms with Gasteiger partial charge in [0.25, 0.3) is 0 Å². The molecular formula is C13H16ClN3O4. The van der Waals surface area contributed by atoms with Gasteiger partial charge in [0.2, 0.25) is 0 Å². The lowest BCUT2D eigenvalue weighted by Crippen LogP contribution is -2.57. The minimum absolute atomic E-state index is 0.000508. The molecule has 0 radical (unpaired) electrons. The number of hydrogen-bond acceptors (Lipinski definition) is 6. The number of ether oxygens (including phenoxy) is 1. The highest BCUT2D eigenvalue weighted by atomic mass is 35.5. The van der Waals surface area contributed by atoms with E-state index in [1.54, 1.807) is 11.3 Å². The van der Waals surface area contributed by atoms with Gasteiger partial charge in [-0.1, -0.05) is 0 Å². The number of fused-ring (bicyclic) bond motifs is 3. The molecule has 1 aromatic heterocycles. The summed E-state index contributed by atoms with van der Waals surface area (Å²) in [7, 11) is 0. The zero-order valence-electron chi connectivity index (χ0n) is 11.6. The van der Waals surface area contributed by atoms with Gasteiger partial charge in [0.15, 0.2) is 5.78 Å². The van der Waals surface area contributed by atoms with E-state index in [1.165, 1.54) is 5.06 Å². The molecule has 0 aliphatic carbocycles. The number of rotatable bonds is 2. The number of Topliss-reactive ketones (excluding diaryl/α,β-unsaturated/α-hetero) is 1. The van der Waals surface area contributed by atoms with E-state index in [1.807, 2.05) is 22.9 Å². The molecule has 0 aromatic carbocycles. The van der Waals surface area contributed by atoms with Gasteiger partial charge in [-0.2, -0.15) is 4.42 Å². The summed E-state index contributed by atoms with van der Waals surface area (Å²) in [6.45, 7) is 2.69. The fourth-order valence-corrected chi connectivity index (χ4v) is 3.11. The lowest BCUT2D eigenvalue weighted by molar-refractivity contribution is -0.197. The highest BCUT2D eigenvalue weighted by Gasteiger charge is 2.47. The number of aromatic nitrogens is 1. The molecule has 0 spiro atoms. The zero-order chi connectivity index (χ0) is 15.0. The van der Waals surface area contributed by atoms with E-state index in [0.717, 1.165) is 5.69 Å². The molecule has 2 atom stereocenters. The summed E-state index contributed by atoms with van der Waals surface area (Å²) in [6, 6.07) is 3.16. The van der Waals surface area contributed by atoms with E-state index in [-0.39, 0.29) is 18.6 Å². The van der Waals surface area contributed by atoms with Gasteiger partial charge in [-0.15, -0.1) is 5.06 Å². The van der Waals surface area contributed by atoms with Crippen LogP contribution in [0, 0.1) is 0 Å². The van der Waals surface area contributed by atoms with Crippen LogP contribution in [0.1, 0.15) is 25.2 Å². The molecule has 21 heavy (non-hydrogen) atoms. The zero-order valence-corrected chi connectivity index (χ0v) is 12.3. The molecule has 8 heteroatoms. The number of piperidine rings is 1. The van der Waals surface area contributed by atoms with Crippen LogP contribution in [-0.2, 0) is 20.9 Å². The van der Waals surface area contributed by atoms with Crippen LogP contribution in [-0.4, -0.2) is 45.2 Å². The predicted octanol–water partition coefficient (Wildman–Crippen LogP) is 1.69. The van der Waals surface area contributed by atoms with Gasteiger partial charge in [-0.3, -0.25) is 4.79 Å². The lowest BCUT2D eigenvalue weighted by atomic mass is 9.99. The monoisotopic (exact) mass is 313 g/mol. The average molecular weight is 314 g/mol.